The van der Waals surface area contributed by atoms with Gasteiger partial charge in [-0.25, -0.2) is 4.79 Å². The molecule has 6 nitrogen and oxygen atoms in total. The molecule has 1 amide bonds. The first-order valence-electron chi connectivity index (χ1n) is 7.84. The van der Waals surface area contributed by atoms with Crippen molar-refractivity contribution in [2.75, 3.05) is 14.2 Å². The van der Waals surface area contributed by atoms with Crippen LogP contribution in [-0.2, 0) is 22.4 Å². The van der Waals surface area contributed by atoms with E-state index in [2.05, 4.69) is 5.32 Å². The highest BCUT2D eigenvalue weighted by atomic mass is 16.5. The van der Waals surface area contributed by atoms with E-state index in [1.54, 1.807) is 0 Å². The number of carbonyl (C=O) groups excluding carboxylic acids is 2. The van der Waals surface area contributed by atoms with Crippen molar-refractivity contribution in [3.05, 3.63) is 59.2 Å². The van der Waals surface area contributed by atoms with Gasteiger partial charge in [-0.2, -0.15) is 0 Å². The predicted molar refractivity (Wildman–Crippen MR) is 90.7 cm³/mol. The molecule has 6 heteroatoms. The second-order valence-corrected chi connectivity index (χ2v) is 6.04. The van der Waals surface area contributed by atoms with Crippen molar-refractivity contribution in [2.24, 2.45) is 0 Å². The van der Waals surface area contributed by atoms with Crippen LogP contribution in [0.5, 0.6) is 11.5 Å². The zero-order valence-corrected chi connectivity index (χ0v) is 14.0. The van der Waals surface area contributed by atoms with E-state index in [1.165, 1.54) is 32.4 Å². The molecule has 0 unspecified atom stereocenters. The molecule has 3 rings (SSSR count). The van der Waals surface area contributed by atoms with Gasteiger partial charge >= 0.3 is 5.97 Å². The maximum Gasteiger partial charge on any atom is 0.332 e. The summed E-state index contributed by atoms with van der Waals surface area (Å²) in [7, 11) is 2.73. The summed E-state index contributed by atoms with van der Waals surface area (Å²) in [6.45, 7) is 0. The number of carbonyl (C=O) groups is 2. The number of methoxy groups -OCH3 is 2. The molecule has 0 heterocycles. The smallest absolute Gasteiger partial charge is 0.332 e. The summed E-state index contributed by atoms with van der Waals surface area (Å²) < 4.78 is 9.92. The van der Waals surface area contributed by atoms with Crippen molar-refractivity contribution in [2.45, 2.75) is 18.4 Å². The quantitative estimate of drug-likeness (QED) is 0.829. The number of ether oxygens (including phenoxy) is 2. The van der Waals surface area contributed by atoms with Crippen LogP contribution in [0.15, 0.2) is 42.5 Å². The molecule has 130 valence electrons. The number of phenols is 1. The Bertz CT molecular complexity index is 805. The fraction of sp³-hybridized carbons (Fsp3) is 0.263. The molecular formula is C19H19NO5. The third-order valence-electron chi connectivity index (χ3n) is 4.47. The Morgan fingerprint density at radius 1 is 1.08 bits per heavy atom. The maximum absolute atomic E-state index is 12.7. The van der Waals surface area contributed by atoms with Crippen LogP contribution in [0.2, 0.25) is 0 Å². The number of fused-ring (bicyclic) bond motifs is 1. The zero-order valence-electron chi connectivity index (χ0n) is 14.0. The summed E-state index contributed by atoms with van der Waals surface area (Å²) in [5, 5.41) is 12.7. The van der Waals surface area contributed by atoms with Crippen LogP contribution in [0.25, 0.3) is 0 Å². The highest BCUT2D eigenvalue weighted by Gasteiger charge is 2.46. The Hall–Kier alpha value is -3.02. The number of rotatable bonds is 4. The van der Waals surface area contributed by atoms with E-state index in [0.29, 0.717) is 12.8 Å². The Labute approximate surface area is 145 Å². The highest BCUT2D eigenvalue weighted by molar-refractivity contribution is 5.99. The van der Waals surface area contributed by atoms with Crippen molar-refractivity contribution in [3.63, 3.8) is 0 Å². The third-order valence-corrected chi connectivity index (χ3v) is 4.47. The van der Waals surface area contributed by atoms with Gasteiger partial charge in [0.1, 0.15) is 5.54 Å². The Morgan fingerprint density at radius 3 is 2.24 bits per heavy atom. The van der Waals surface area contributed by atoms with Gasteiger partial charge < -0.3 is 19.9 Å². The van der Waals surface area contributed by atoms with Crippen LogP contribution in [-0.4, -0.2) is 36.7 Å². The van der Waals surface area contributed by atoms with Gasteiger partial charge in [0.05, 0.1) is 14.2 Å². The minimum absolute atomic E-state index is 0.142. The second kappa shape index (κ2) is 6.47. The number of benzene rings is 2. The van der Waals surface area contributed by atoms with Gasteiger partial charge in [-0.1, -0.05) is 24.3 Å². The minimum atomic E-state index is -1.15. The van der Waals surface area contributed by atoms with Crippen LogP contribution >= 0.6 is 0 Å². The van der Waals surface area contributed by atoms with Gasteiger partial charge in [0.25, 0.3) is 5.91 Å². The van der Waals surface area contributed by atoms with E-state index in [-0.39, 0.29) is 17.1 Å². The van der Waals surface area contributed by atoms with Gasteiger partial charge in [0, 0.05) is 18.4 Å². The molecule has 2 aromatic carbocycles. The van der Waals surface area contributed by atoms with Crippen LogP contribution in [0, 0.1) is 0 Å². The van der Waals surface area contributed by atoms with Crippen molar-refractivity contribution < 1.29 is 24.2 Å². The van der Waals surface area contributed by atoms with E-state index >= 15 is 0 Å². The van der Waals surface area contributed by atoms with Gasteiger partial charge in [0.2, 0.25) is 0 Å². The first-order valence-corrected chi connectivity index (χ1v) is 7.84. The molecule has 2 aromatic rings. The lowest BCUT2D eigenvalue weighted by Crippen LogP contribution is -2.56. The standard InChI is InChI=1S/C19H19NO5/c1-24-16-8-7-12(9-15(16)21)17(22)20-19(18(23)25-2)10-13-5-3-4-6-14(13)11-19/h3-9,21H,10-11H2,1-2H3,(H,20,22). The molecule has 0 atom stereocenters. The Morgan fingerprint density at radius 2 is 1.72 bits per heavy atom. The Kier molecular flexibility index (Phi) is 4.35. The molecule has 0 spiro atoms. The number of hydrogen-bond donors (Lipinski definition) is 2. The lowest BCUT2D eigenvalue weighted by atomic mass is 9.95. The lowest BCUT2D eigenvalue weighted by molar-refractivity contribution is -0.147. The summed E-state index contributed by atoms with van der Waals surface area (Å²) in [5.41, 5.74) is 1.10. The highest BCUT2D eigenvalue weighted by Crippen LogP contribution is 2.32. The molecule has 0 saturated heterocycles. The van der Waals surface area contributed by atoms with Crippen molar-refractivity contribution in [3.8, 4) is 11.5 Å². The van der Waals surface area contributed by atoms with Crippen LogP contribution in [0.1, 0.15) is 21.5 Å². The summed E-state index contributed by atoms with van der Waals surface area (Å²) in [4.78, 5) is 25.1. The van der Waals surface area contributed by atoms with Crippen LogP contribution in [0.3, 0.4) is 0 Å². The maximum atomic E-state index is 12.7. The van der Waals surface area contributed by atoms with Crippen molar-refractivity contribution in [1.82, 2.24) is 5.32 Å². The first kappa shape index (κ1) is 16.8. The number of phenolic OH excluding ortho intramolecular Hbond substituents is 1. The summed E-state index contributed by atoms with van der Waals surface area (Å²) in [6, 6.07) is 12.0. The molecular weight excluding hydrogens is 322 g/mol. The van der Waals surface area contributed by atoms with Gasteiger partial charge in [-0.15, -0.1) is 0 Å². The fourth-order valence-electron chi connectivity index (χ4n) is 3.21. The number of nitrogens with one attached hydrogen (secondary N) is 1. The van der Waals surface area contributed by atoms with Crippen molar-refractivity contribution in [1.29, 1.82) is 0 Å². The molecule has 1 aliphatic rings. The number of aromatic hydroxyl groups is 1. The minimum Gasteiger partial charge on any atom is -0.504 e. The average molecular weight is 341 g/mol. The Balaban J connectivity index is 1.88. The van der Waals surface area contributed by atoms with E-state index in [0.717, 1.165) is 11.1 Å². The van der Waals surface area contributed by atoms with Crippen LogP contribution in [0.4, 0.5) is 0 Å². The third kappa shape index (κ3) is 3.03. The molecule has 1 aliphatic carbocycles. The molecule has 0 saturated carbocycles. The van der Waals surface area contributed by atoms with E-state index < -0.39 is 17.4 Å². The summed E-state index contributed by atoms with van der Waals surface area (Å²) in [6.07, 6.45) is 0.730. The van der Waals surface area contributed by atoms with Gasteiger partial charge in [0.15, 0.2) is 11.5 Å². The van der Waals surface area contributed by atoms with E-state index in [4.69, 9.17) is 9.47 Å². The van der Waals surface area contributed by atoms with Crippen LogP contribution < -0.4 is 10.1 Å². The molecule has 25 heavy (non-hydrogen) atoms. The van der Waals surface area contributed by atoms with E-state index in [1.807, 2.05) is 24.3 Å². The summed E-state index contributed by atoms with van der Waals surface area (Å²) >= 11 is 0. The van der Waals surface area contributed by atoms with Gasteiger partial charge in [-0.3, -0.25) is 4.79 Å². The van der Waals surface area contributed by atoms with E-state index in [9.17, 15) is 14.7 Å². The molecule has 0 aliphatic heterocycles. The average Bonchev–Trinajstić information content (AvgIpc) is 3.00. The topological polar surface area (TPSA) is 84.9 Å². The molecule has 2 N–H and O–H groups in total. The second-order valence-electron chi connectivity index (χ2n) is 6.04. The largest absolute Gasteiger partial charge is 0.504 e. The number of esters is 1. The molecule has 0 fully saturated rings. The monoisotopic (exact) mass is 341 g/mol. The number of amides is 1. The summed E-state index contributed by atoms with van der Waals surface area (Å²) in [5.74, 6) is -0.824. The zero-order chi connectivity index (χ0) is 18.0. The fourth-order valence-corrected chi connectivity index (χ4v) is 3.21. The SMILES string of the molecule is COC(=O)C1(NC(=O)c2ccc(OC)c(O)c2)Cc2ccccc2C1. The molecule has 0 radical (unpaired) electrons. The van der Waals surface area contributed by atoms with Gasteiger partial charge in [-0.05, 0) is 29.3 Å². The van der Waals surface area contributed by atoms with Crippen molar-refractivity contribution >= 4 is 11.9 Å². The normalized spacial score (nSPS) is 14.5. The molecule has 0 aromatic heterocycles. The molecule has 0 bridgehead atoms. The number of hydrogen-bond acceptors (Lipinski definition) is 5. The lowest BCUT2D eigenvalue weighted by Gasteiger charge is -2.27. The predicted octanol–water partition coefficient (Wildman–Crippen LogP) is 1.84. The first-order chi connectivity index (χ1) is 12.0.